The number of aryl methyl sites for hydroxylation is 2. The van der Waals surface area contributed by atoms with Gasteiger partial charge in [-0.05, 0) is 55.9 Å². The van der Waals surface area contributed by atoms with Crippen LogP contribution in [0, 0.1) is 0 Å². The number of nitrogens with one attached hydrogen (secondary N) is 3. The van der Waals surface area contributed by atoms with E-state index in [2.05, 4.69) is 26.4 Å². The number of hydrogen-bond donors (Lipinski definition) is 4. The minimum Gasteiger partial charge on any atom is -0.480 e. The van der Waals surface area contributed by atoms with Crippen LogP contribution >= 0.6 is 0 Å². The smallest absolute Gasteiger partial charge is 0.323 e. The Kier molecular flexibility index (Phi) is 8.18. The summed E-state index contributed by atoms with van der Waals surface area (Å²) in [6, 6.07) is 10.1. The Morgan fingerprint density at radius 3 is 2.66 bits per heavy atom. The highest BCUT2D eigenvalue weighted by molar-refractivity contribution is 7.89. The molecule has 0 bridgehead atoms. The number of hydrogen-bond acceptors (Lipinski definition) is 6. The first-order valence-corrected chi connectivity index (χ1v) is 12.1. The number of carboxylic acids is 1. The number of sulfonamides is 1. The van der Waals surface area contributed by atoms with E-state index < -0.39 is 22.0 Å². The zero-order chi connectivity index (χ0) is 23.0. The molecule has 1 atom stereocenters. The van der Waals surface area contributed by atoms with Gasteiger partial charge in [-0.2, -0.15) is 4.72 Å². The molecular weight excluding hydrogens is 432 g/mol. The molecule has 0 fully saturated rings. The Morgan fingerprint density at radius 1 is 1.12 bits per heavy atom. The Balaban J connectivity index is 1.41. The van der Waals surface area contributed by atoms with E-state index in [9.17, 15) is 23.1 Å². The number of nitrogens with zero attached hydrogens (tertiary/aromatic N) is 1. The monoisotopic (exact) mass is 460 g/mol. The van der Waals surface area contributed by atoms with E-state index in [0.29, 0.717) is 6.42 Å². The molecule has 1 aromatic heterocycles. The molecule has 2 heterocycles. The molecule has 32 heavy (non-hydrogen) atoms. The van der Waals surface area contributed by atoms with E-state index in [1.807, 2.05) is 6.07 Å². The number of benzene rings is 1. The number of aromatic nitrogens is 1. The molecule has 1 aromatic carbocycles. The standard InChI is InChI=1S/C22H28N4O5S/c27-20(11-5-4-8-17-13-12-16-7-6-14-23-21(16)25-17)24-15-19(22(28)29)26-32(30,31)18-9-2-1-3-10-18/h1-3,9-10,12-13,19,26H,4-8,11,14-15H2,(H,23,25)(H,24,27)(H,28,29). The van der Waals surface area contributed by atoms with Crippen LogP contribution in [0.25, 0.3) is 0 Å². The van der Waals surface area contributed by atoms with E-state index in [1.165, 1.54) is 17.7 Å². The van der Waals surface area contributed by atoms with Crippen LogP contribution in [0.2, 0.25) is 0 Å². The van der Waals surface area contributed by atoms with Crippen molar-refractivity contribution < 1.29 is 23.1 Å². The number of carbonyl (C=O) groups is 2. The maximum Gasteiger partial charge on any atom is 0.323 e. The average molecular weight is 461 g/mol. The predicted molar refractivity (Wildman–Crippen MR) is 120 cm³/mol. The molecule has 2 aromatic rings. The van der Waals surface area contributed by atoms with Crippen LogP contribution in [0.4, 0.5) is 5.82 Å². The molecule has 0 spiro atoms. The summed E-state index contributed by atoms with van der Waals surface area (Å²) in [7, 11) is -4.00. The number of amides is 1. The lowest BCUT2D eigenvalue weighted by molar-refractivity contribution is -0.138. The summed E-state index contributed by atoms with van der Waals surface area (Å²) in [4.78, 5) is 28.1. The Bertz CT molecular complexity index is 1040. The van der Waals surface area contributed by atoms with Crippen LogP contribution in [0.15, 0.2) is 47.4 Å². The molecule has 4 N–H and O–H groups in total. The first-order chi connectivity index (χ1) is 15.3. The maximum absolute atomic E-state index is 12.3. The SMILES string of the molecule is O=C(CCCCc1ccc2c(n1)NCCC2)NCC(NS(=O)(=O)c1ccccc1)C(=O)O. The predicted octanol–water partition coefficient (Wildman–Crippen LogP) is 1.70. The minimum absolute atomic E-state index is 0.0384. The number of pyridine rings is 1. The van der Waals surface area contributed by atoms with Gasteiger partial charge in [-0.25, -0.2) is 13.4 Å². The van der Waals surface area contributed by atoms with Gasteiger partial charge < -0.3 is 15.7 Å². The summed E-state index contributed by atoms with van der Waals surface area (Å²) in [5.74, 6) is -0.740. The lowest BCUT2D eigenvalue weighted by Crippen LogP contribution is -2.48. The van der Waals surface area contributed by atoms with Crippen LogP contribution < -0.4 is 15.4 Å². The van der Waals surface area contributed by atoms with Crippen molar-refractivity contribution in [2.75, 3.05) is 18.4 Å². The van der Waals surface area contributed by atoms with Crippen molar-refractivity contribution in [2.24, 2.45) is 0 Å². The summed E-state index contributed by atoms with van der Waals surface area (Å²) in [6.07, 6.45) is 4.50. The van der Waals surface area contributed by atoms with E-state index in [-0.39, 0.29) is 23.8 Å². The average Bonchev–Trinajstić information content (AvgIpc) is 2.79. The maximum atomic E-state index is 12.3. The van der Waals surface area contributed by atoms with E-state index in [4.69, 9.17) is 0 Å². The van der Waals surface area contributed by atoms with E-state index >= 15 is 0 Å². The molecular formula is C22H28N4O5S. The Morgan fingerprint density at radius 2 is 1.91 bits per heavy atom. The zero-order valence-corrected chi connectivity index (χ0v) is 18.5. The highest BCUT2D eigenvalue weighted by Crippen LogP contribution is 2.20. The molecule has 3 rings (SSSR count). The second-order valence-corrected chi connectivity index (χ2v) is 9.39. The Labute approximate surface area is 187 Å². The third-order valence-electron chi connectivity index (χ3n) is 5.19. The van der Waals surface area contributed by atoms with Crippen LogP contribution in [0.1, 0.15) is 36.9 Å². The van der Waals surface area contributed by atoms with Crippen LogP contribution in [0.3, 0.4) is 0 Å². The van der Waals surface area contributed by atoms with Gasteiger partial charge in [0.05, 0.1) is 4.90 Å². The summed E-state index contributed by atoms with van der Waals surface area (Å²) in [5.41, 5.74) is 2.20. The third kappa shape index (κ3) is 6.76. The van der Waals surface area contributed by atoms with Gasteiger partial charge in [-0.3, -0.25) is 9.59 Å². The normalized spacial score (nSPS) is 14.1. The number of carboxylic acid groups (broad SMARTS) is 1. The topological polar surface area (TPSA) is 137 Å². The molecule has 0 aliphatic carbocycles. The van der Waals surface area contributed by atoms with Gasteiger partial charge in [0.25, 0.3) is 0 Å². The second-order valence-electron chi connectivity index (χ2n) is 7.68. The largest absolute Gasteiger partial charge is 0.480 e. The van der Waals surface area contributed by atoms with Gasteiger partial charge in [-0.15, -0.1) is 0 Å². The van der Waals surface area contributed by atoms with Crippen molar-refractivity contribution in [2.45, 2.75) is 49.5 Å². The molecule has 1 aliphatic heterocycles. The number of anilines is 1. The molecule has 0 saturated heterocycles. The number of aliphatic carboxylic acids is 1. The molecule has 1 unspecified atom stereocenters. The van der Waals surface area contributed by atoms with Gasteiger partial charge in [0.2, 0.25) is 15.9 Å². The fraction of sp³-hybridized carbons (Fsp3) is 0.409. The second kappa shape index (κ2) is 11.1. The Hall–Kier alpha value is -2.98. The molecule has 172 valence electrons. The summed E-state index contributed by atoms with van der Waals surface area (Å²) in [6.45, 7) is 0.598. The van der Waals surface area contributed by atoms with Gasteiger partial charge in [0, 0.05) is 25.2 Å². The number of unbranched alkanes of at least 4 members (excludes halogenated alkanes) is 1. The van der Waals surface area contributed by atoms with Crippen molar-refractivity contribution in [1.82, 2.24) is 15.0 Å². The molecule has 9 nitrogen and oxygen atoms in total. The summed E-state index contributed by atoms with van der Waals surface area (Å²) >= 11 is 0. The van der Waals surface area contributed by atoms with Crippen LogP contribution in [0.5, 0.6) is 0 Å². The van der Waals surface area contributed by atoms with Gasteiger partial charge in [-0.1, -0.05) is 24.3 Å². The fourth-order valence-electron chi connectivity index (χ4n) is 3.44. The number of rotatable bonds is 11. The highest BCUT2D eigenvalue weighted by Gasteiger charge is 2.25. The van der Waals surface area contributed by atoms with Crippen molar-refractivity contribution >= 4 is 27.7 Å². The van der Waals surface area contributed by atoms with Crippen molar-refractivity contribution in [3.05, 3.63) is 53.7 Å². The summed E-state index contributed by atoms with van der Waals surface area (Å²) in [5, 5.41) is 15.1. The van der Waals surface area contributed by atoms with Crippen molar-refractivity contribution in [1.29, 1.82) is 0 Å². The van der Waals surface area contributed by atoms with Crippen molar-refractivity contribution in [3.63, 3.8) is 0 Å². The molecule has 10 heteroatoms. The molecule has 0 saturated carbocycles. The van der Waals surface area contributed by atoms with Crippen LogP contribution in [-0.2, 0) is 32.5 Å². The number of fused-ring (bicyclic) bond motifs is 1. The van der Waals surface area contributed by atoms with Gasteiger partial charge in [0.15, 0.2) is 0 Å². The van der Waals surface area contributed by atoms with Crippen LogP contribution in [-0.4, -0.2) is 49.5 Å². The lowest BCUT2D eigenvalue weighted by Gasteiger charge is -2.17. The van der Waals surface area contributed by atoms with Gasteiger partial charge in [0.1, 0.15) is 11.9 Å². The van der Waals surface area contributed by atoms with E-state index in [1.54, 1.807) is 18.2 Å². The molecule has 1 aliphatic rings. The molecule has 1 amide bonds. The first-order valence-electron chi connectivity index (χ1n) is 10.6. The third-order valence-corrected chi connectivity index (χ3v) is 6.68. The zero-order valence-electron chi connectivity index (χ0n) is 17.7. The highest BCUT2D eigenvalue weighted by atomic mass is 32.2. The minimum atomic E-state index is -4.00. The van der Waals surface area contributed by atoms with Crippen molar-refractivity contribution in [3.8, 4) is 0 Å². The number of carbonyl (C=O) groups excluding carboxylic acids is 1. The lowest BCUT2D eigenvalue weighted by atomic mass is 10.1. The summed E-state index contributed by atoms with van der Waals surface area (Å²) < 4.78 is 26.8. The quantitative estimate of drug-likeness (QED) is 0.375. The van der Waals surface area contributed by atoms with E-state index in [0.717, 1.165) is 43.7 Å². The first kappa shape index (κ1) is 23.7. The molecule has 0 radical (unpaired) electrons. The van der Waals surface area contributed by atoms with Gasteiger partial charge >= 0.3 is 5.97 Å². The fourth-order valence-corrected chi connectivity index (χ4v) is 4.65.